The normalized spacial score (nSPS) is 10.3. The fraction of sp³-hybridized carbons (Fsp3) is 0.312. The first-order valence-electron chi connectivity index (χ1n) is 6.53. The van der Waals surface area contributed by atoms with E-state index in [1.807, 2.05) is 31.2 Å². The molecule has 2 aromatic rings. The standard InChI is InChI=1S/C16H18ClNO3/c1-11-5-4-6-18-13(11)10-21-16-14(19-2)7-12(9-17)8-15(16)20-3/h4-8H,9-10H2,1-3H3. The molecule has 0 amide bonds. The van der Waals surface area contributed by atoms with Gasteiger partial charge in [0.2, 0.25) is 5.75 Å². The van der Waals surface area contributed by atoms with Crippen molar-refractivity contribution in [1.29, 1.82) is 0 Å². The van der Waals surface area contributed by atoms with Crippen LogP contribution in [0.2, 0.25) is 0 Å². The Balaban J connectivity index is 2.28. The summed E-state index contributed by atoms with van der Waals surface area (Å²) in [6, 6.07) is 7.58. The van der Waals surface area contributed by atoms with Crippen molar-refractivity contribution in [1.82, 2.24) is 4.98 Å². The molecule has 0 aliphatic rings. The third-order valence-electron chi connectivity index (χ3n) is 3.15. The number of nitrogens with zero attached hydrogens (tertiary/aromatic N) is 1. The number of pyridine rings is 1. The van der Waals surface area contributed by atoms with Gasteiger partial charge in [0.05, 0.1) is 19.9 Å². The van der Waals surface area contributed by atoms with Crippen LogP contribution in [0, 0.1) is 6.92 Å². The van der Waals surface area contributed by atoms with E-state index in [2.05, 4.69) is 4.98 Å². The summed E-state index contributed by atoms with van der Waals surface area (Å²) in [7, 11) is 3.18. The van der Waals surface area contributed by atoms with E-state index < -0.39 is 0 Å². The maximum absolute atomic E-state index is 5.87. The van der Waals surface area contributed by atoms with Crippen LogP contribution in [0.5, 0.6) is 17.2 Å². The molecule has 0 unspecified atom stereocenters. The zero-order valence-corrected chi connectivity index (χ0v) is 13.1. The topological polar surface area (TPSA) is 40.6 Å². The van der Waals surface area contributed by atoms with E-state index in [1.165, 1.54) is 0 Å². The lowest BCUT2D eigenvalue weighted by molar-refractivity contribution is 0.262. The molecule has 4 nitrogen and oxygen atoms in total. The van der Waals surface area contributed by atoms with E-state index >= 15 is 0 Å². The molecule has 112 valence electrons. The number of ether oxygens (including phenoxy) is 3. The zero-order valence-electron chi connectivity index (χ0n) is 12.4. The maximum atomic E-state index is 5.87. The predicted molar refractivity (Wildman–Crippen MR) is 82.4 cm³/mol. The van der Waals surface area contributed by atoms with Crippen LogP contribution >= 0.6 is 11.6 Å². The lowest BCUT2D eigenvalue weighted by atomic mass is 10.2. The molecule has 0 radical (unpaired) electrons. The van der Waals surface area contributed by atoms with Gasteiger partial charge in [0.1, 0.15) is 6.61 Å². The second-order valence-corrected chi connectivity index (χ2v) is 4.79. The summed E-state index contributed by atoms with van der Waals surface area (Å²) in [4.78, 5) is 4.31. The fourth-order valence-electron chi connectivity index (χ4n) is 1.96. The molecule has 0 saturated heterocycles. The van der Waals surface area contributed by atoms with Crippen LogP contribution in [0.25, 0.3) is 0 Å². The molecule has 21 heavy (non-hydrogen) atoms. The van der Waals surface area contributed by atoms with Crippen molar-refractivity contribution in [2.45, 2.75) is 19.4 Å². The van der Waals surface area contributed by atoms with E-state index in [4.69, 9.17) is 25.8 Å². The number of rotatable bonds is 6. The highest BCUT2D eigenvalue weighted by Crippen LogP contribution is 2.39. The van der Waals surface area contributed by atoms with Gasteiger partial charge < -0.3 is 14.2 Å². The van der Waals surface area contributed by atoms with Gasteiger partial charge in [-0.05, 0) is 36.2 Å². The summed E-state index contributed by atoms with van der Waals surface area (Å²) in [5.74, 6) is 2.13. The summed E-state index contributed by atoms with van der Waals surface area (Å²) in [5, 5.41) is 0. The van der Waals surface area contributed by atoms with Gasteiger partial charge in [-0.3, -0.25) is 4.98 Å². The molecule has 0 aliphatic carbocycles. The van der Waals surface area contributed by atoms with Gasteiger partial charge in [-0.25, -0.2) is 0 Å². The lowest BCUT2D eigenvalue weighted by Gasteiger charge is -2.16. The molecule has 0 spiro atoms. The van der Waals surface area contributed by atoms with Gasteiger partial charge >= 0.3 is 0 Å². The first-order chi connectivity index (χ1) is 10.2. The Kier molecular flexibility index (Phi) is 5.28. The number of aromatic nitrogens is 1. The molecule has 0 atom stereocenters. The quantitative estimate of drug-likeness (QED) is 0.763. The number of alkyl halides is 1. The van der Waals surface area contributed by atoms with Crippen molar-refractivity contribution in [3.63, 3.8) is 0 Å². The molecule has 0 fully saturated rings. The van der Waals surface area contributed by atoms with Crippen molar-refractivity contribution < 1.29 is 14.2 Å². The Labute approximate surface area is 129 Å². The minimum Gasteiger partial charge on any atom is -0.493 e. The van der Waals surface area contributed by atoms with Crippen LogP contribution in [0.1, 0.15) is 16.8 Å². The number of benzene rings is 1. The highest BCUT2D eigenvalue weighted by atomic mass is 35.5. The fourth-order valence-corrected chi connectivity index (χ4v) is 2.12. The first kappa shape index (κ1) is 15.4. The van der Waals surface area contributed by atoms with Crippen LogP contribution in [0.3, 0.4) is 0 Å². The van der Waals surface area contributed by atoms with Gasteiger partial charge in [0.25, 0.3) is 0 Å². The minimum absolute atomic E-state index is 0.347. The van der Waals surface area contributed by atoms with E-state index in [1.54, 1.807) is 20.4 Å². The van der Waals surface area contributed by atoms with Crippen LogP contribution in [0.4, 0.5) is 0 Å². The minimum atomic E-state index is 0.347. The van der Waals surface area contributed by atoms with Crippen molar-refractivity contribution in [3.8, 4) is 17.2 Å². The Morgan fingerprint density at radius 3 is 2.33 bits per heavy atom. The van der Waals surface area contributed by atoms with E-state index in [9.17, 15) is 0 Å². The monoisotopic (exact) mass is 307 g/mol. The summed E-state index contributed by atoms with van der Waals surface area (Å²) < 4.78 is 16.6. The molecule has 2 rings (SSSR count). The van der Waals surface area contributed by atoms with Crippen molar-refractivity contribution in [2.24, 2.45) is 0 Å². The summed E-state index contributed by atoms with van der Waals surface area (Å²) in [6.07, 6.45) is 1.75. The molecule has 0 aliphatic heterocycles. The number of hydrogen-bond donors (Lipinski definition) is 0. The zero-order chi connectivity index (χ0) is 15.2. The van der Waals surface area contributed by atoms with Gasteiger partial charge in [0.15, 0.2) is 11.5 Å². The maximum Gasteiger partial charge on any atom is 0.203 e. The van der Waals surface area contributed by atoms with E-state index in [0.29, 0.717) is 29.7 Å². The third-order valence-corrected chi connectivity index (χ3v) is 3.45. The van der Waals surface area contributed by atoms with Crippen LogP contribution in [0.15, 0.2) is 30.5 Å². The molecule has 0 saturated carbocycles. The second-order valence-electron chi connectivity index (χ2n) is 4.52. The number of aryl methyl sites for hydroxylation is 1. The van der Waals surface area contributed by atoms with Crippen LogP contribution in [-0.4, -0.2) is 19.2 Å². The van der Waals surface area contributed by atoms with Gasteiger partial charge in [-0.15, -0.1) is 11.6 Å². The SMILES string of the molecule is COc1cc(CCl)cc(OC)c1OCc1ncccc1C. The summed E-state index contributed by atoms with van der Waals surface area (Å²) in [6.45, 7) is 2.34. The van der Waals surface area contributed by atoms with E-state index in [-0.39, 0.29) is 0 Å². The van der Waals surface area contributed by atoms with Gasteiger partial charge in [-0.2, -0.15) is 0 Å². The van der Waals surface area contributed by atoms with Gasteiger partial charge in [-0.1, -0.05) is 6.07 Å². The highest BCUT2D eigenvalue weighted by Gasteiger charge is 2.14. The lowest BCUT2D eigenvalue weighted by Crippen LogP contribution is -2.03. The van der Waals surface area contributed by atoms with E-state index in [0.717, 1.165) is 16.8 Å². The third kappa shape index (κ3) is 3.58. The predicted octanol–water partition coefficient (Wildman–Crippen LogP) is 3.73. The highest BCUT2D eigenvalue weighted by molar-refractivity contribution is 6.17. The van der Waals surface area contributed by atoms with Crippen molar-refractivity contribution in [2.75, 3.05) is 14.2 Å². The molecule has 0 N–H and O–H groups in total. The molecule has 1 aromatic carbocycles. The Morgan fingerprint density at radius 1 is 1.14 bits per heavy atom. The summed E-state index contributed by atoms with van der Waals surface area (Å²) >= 11 is 5.87. The first-order valence-corrected chi connectivity index (χ1v) is 7.07. The number of hydrogen-bond acceptors (Lipinski definition) is 4. The molecule has 5 heteroatoms. The van der Waals surface area contributed by atoms with Crippen LogP contribution < -0.4 is 14.2 Å². The molecular weight excluding hydrogens is 290 g/mol. The molecule has 1 heterocycles. The average Bonchev–Trinajstić information content (AvgIpc) is 2.53. The average molecular weight is 308 g/mol. The largest absolute Gasteiger partial charge is 0.493 e. The van der Waals surface area contributed by atoms with Crippen LogP contribution in [-0.2, 0) is 12.5 Å². The van der Waals surface area contributed by atoms with Crippen molar-refractivity contribution in [3.05, 3.63) is 47.3 Å². The Morgan fingerprint density at radius 2 is 1.81 bits per heavy atom. The smallest absolute Gasteiger partial charge is 0.203 e. The summed E-state index contributed by atoms with van der Waals surface area (Å²) in [5.41, 5.74) is 2.86. The Hall–Kier alpha value is -1.94. The molecule has 0 bridgehead atoms. The molecular formula is C16H18ClNO3. The van der Waals surface area contributed by atoms with Gasteiger partial charge in [0, 0.05) is 12.1 Å². The van der Waals surface area contributed by atoms with Crippen molar-refractivity contribution >= 4 is 11.6 Å². The number of halogens is 1. The number of methoxy groups -OCH3 is 2. The Bertz CT molecular complexity index is 591. The molecule has 1 aromatic heterocycles. The second kappa shape index (κ2) is 7.18.